The molecule has 2 rings (SSSR count). The van der Waals surface area contributed by atoms with E-state index in [2.05, 4.69) is 22.8 Å². The molecule has 1 heterocycles. The molecule has 1 unspecified atom stereocenters. The van der Waals surface area contributed by atoms with Crippen molar-refractivity contribution in [3.8, 4) is 0 Å². The van der Waals surface area contributed by atoms with Crippen LogP contribution in [-0.4, -0.2) is 38.8 Å². The zero-order chi connectivity index (χ0) is 14.0. The van der Waals surface area contributed by atoms with Gasteiger partial charge < -0.3 is 15.4 Å². The monoisotopic (exact) mass is 276 g/mol. The zero-order valence-corrected chi connectivity index (χ0v) is 11.9. The maximum atomic E-state index is 11.6. The molecule has 4 heteroatoms. The Kier molecular flexibility index (Phi) is 6.54. The van der Waals surface area contributed by atoms with Crippen molar-refractivity contribution in [3.63, 3.8) is 0 Å². The summed E-state index contributed by atoms with van der Waals surface area (Å²) in [5, 5.41) is 6.25. The molecule has 1 fully saturated rings. The Bertz CT molecular complexity index is 389. The van der Waals surface area contributed by atoms with Crippen molar-refractivity contribution in [3.05, 3.63) is 35.9 Å². The van der Waals surface area contributed by atoms with Crippen LogP contribution in [0.2, 0.25) is 0 Å². The van der Waals surface area contributed by atoms with Gasteiger partial charge in [0.2, 0.25) is 5.91 Å². The summed E-state index contributed by atoms with van der Waals surface area (Å²) in [6.07, 6.45) is 3.13. The summed E-state index contributed by atoms with van der Waals surface area (Å²) in [5.41, 5.74) is 1.24. The predicted octanol–water partition coefficient (Wildman–Crippen LogP) is 1.36. The summed E-state index contributed by atoms with van der Waals surface area (Å²) in [7, 11) is 0. The van der Waals surface area contributed by atoms with Crippen molar-refractivity contribution in [2.75, 3.05) is 32.8 Å². The molecule has 1 aromatic rings. The van der Waals surface area contributed by atoms with Crippen LogP contribution in [0.15, 0.2) is 30.3 Å². The lowest BCUT2D eigenvalue weighted by atomic mass is 10.1. The molecular weight excluding hydrogens is 252 g/mol. The molecule has 1 aliphatic rings. The number of benzene rings is 1. The topological polar surface area (TPSA) is 50.4 Å². The van der Waals surface area contributed by atoms with E-state index in [-0.39, 0.29) is 12.5 Å². The third-order valence-electron chi connectivity index (χ3n) is 3.65. The first-order valence-electron chi connectivity index (χ1n) is 7.43. The molecule has 0 saturated carbocycles. The second-order valence-corrected chi connectivity index (χ2v) is 5.29. The summed E-state index contributed by atoms with van der Waals surface area (Å²) in [5.74, 6) is 0.707. The highest BCUT2D eigenvalue weighted by Gasteiger charge is 2.13. The van der Waals surface area contributed by atoms with E-state index >= 15 is 0 Å². The van der Waals surface area contributed by atoms with Gasteiger partial charge in [-0.2, -0.15) is 0 Å². The van der Waals surface area contributed by atoms with Crippen LogP contribution in [-0.2, 0) is 16.0 Å². The lowest BCUT2D eigenvalue weighted by Gasteiger charge is -2.09. The number of hydrogen-bond donors (Lipinski definition) is 2. The molecule has 0 bridgehead atoms. The molecule has 0 radical (unpaired) electrons. The molecule has 1 amide bonds. The van der Waals surface area contributed by atoms with Crippen molar-refractivity contribution in [2.24, 2.45) is 5.92 Å². The van der Waals surface area contributed by atoms with Gasteiger partial charge in [-0.3, -0.25) is 4.79 Å². The molecule has 20 heavy (non-hydrogen) atoms. The van der Waals surface area contributed by atoms with Gasteiger partial charge in [-0.1, -0.05) is 30.3 Å². The van der Waals surface area contributed by atoms with Crippen LogP contribution in [0.25, 0.3) is 0 Å². The van der Waals surface area contributed by atoms with Crippen molar-refractivity contribution in [1.82, 2.24) is 10.6 Å². The van der Waals surface area contributed by atoms with Crippen molar-refractivity contribution < 1.29 is 9.53 Å². The SMILES string of the molecule is O=C(COCCc1ccccc1)NCCC1CCNC1. The maximum Gasteiger partial charge on any atom is 0.245 e. The summed E-state index contributed by atoms with van der Waals surface area (Å²) in [6, 6.07) is 10.2. The molecular formula is C16H24N2O2. The number of carbonyl (C=O) groups is 1. The van der Waals surface area contributed by atoms with Crippen molar-refractivity contribution >= 4 is 5.91 Å². The van der Waals surface area contributed by atoms with Gasteiger partial charge in [0.1, 0.15) is 6.61 Å². The molecule has 0 aromatic heterocycles. The highest BCUT2D eigenvalue weighted by Crippen LogP contribution is 2.10. The second-order valence-electron chi connectivity index (χ2n) is 5.29. The summed E-state index contributed by atoms with van der Waals surface area (Å²) in [4.78, 5) is 11.6. The Morgan fingerprint density at radius 3 is 2.95 bits per heavy atom. The van der Waals surface area contributed by atoms with E-state index in [0.717, 1.165) is 32.5 Å². The van der Waals surface area contributed by atoms with Crippen LogP contribution in [0.1, 0.15) is 18.4 Å². The third kappa shape index (κ3) is 5.72. The molecule has 2 N–H and O–H groups in total. The Labute approximate surface area is 120 Å². The minimum absolute atomic E-state index is 0.0102. The zero-order valence-electron chi connectivity index (χ0n) is 11.9. The van der Waals surface area contributed by atoms with Gasteiger partial charge in [0.25, 0.3) is 0 Å². The molecule has 0 aliphatic carbocycles. The number of ether oxygens (including phenoxy) is 1. The highest BCUT2D eigenvalue weighted by atomic mass is 16.5. The molecule has 1 atom stereocenters. The van der Waals surface area contributed by atoms with E-state index in [1.165, 1.54) is 12.0 Å². The van der Waals surface area contributed by atoms with Crippen molar-refractivity contribution in [1.29, 1.82) is 0 Å². The van der Waals surface area contributed by atoms with E-state index in [1.807, 2.05) is 18.2 Å². The second kappa shape index (κ2) is 8.72. The normalized spacial score (nSPS) is 18.1. The minimum atomic E-state index is -0.0102. The predicted molar refractivity (Wildman–Crippen MR) is 79.6 cm³/mol. The summed E-state index contributed by atoms with van der Waals surface area (Å²) < 4.78 is 5.40. The van der Waals surface area contributed by atoms with Crippen LogP contribution < -0.4 is 10.6 Å². The van der Waals surface area contributed by atoms with Gasteiger partial charge in [0.05, 0.1) is 6.61 Å². The van der Waals surface area contributed by atoms with Crippen LogP contribution in [0.5, 0.6) is 0 Å². The van der Waals surface area contributed by atoms with Gasteiger partial charge in [0.15, 0.2) is 0 Å². The molecule has 1 aliphatic heterocycles. The van der Waals surface area contributed by atoms with E-state index in [1.54, 1.807) is 0 Å². The third-order valence-corrected chi connectivity index (χ3v) is 3.65. The fourth-order valence-electron chi connectivity index (χ4n) is 2.43. The van der Waals surface area contributed by atoms with E-state index in [4.69, 9.17) is 4.74 Å². The molecule has 4 nitrogen and oxygen atoms in total. The van der Waals surface area contributed by atoms with E-state index in [0.29, 0.717) is 12.5 Å². The minimum Gasteiger partial charge on any atom is -0.371 e. The fraction of sp³-hybridized carbons (Fsp3) is 0.562. The number of nitrogens with one attached hydrogen (secondary N) is 2. The number of hydrogen-bond acceptors (Lipinski definition) is 3. The smallest absolute Gasteiger partial charge is 0.245 e. The van der Waals surface area contributed by atoms with Gasteiger partial charge >= 0.3 is 0 Å². The molecule has 0 spiro atoms. The van der Waals surface area contributed by atoms with E-state index < -0.39 is 0 Å². The summed E-state index contributed by atoms with van der Waals surface area (Å²) in [6.45, 7) is 3.71. The standard InChI is InChI=1S/C16H24N2O2/c19-16(18-10-7-15-6-9-17-12-15)13-20-11-8-14-4-2-1-3-5-14/h1-5,15,17H,6-13H2,(H,18,19). The molecule has 1 aromatic carbocycles. The van der Waals surface area contributed by atoms with Crippen molar-refractivity contribution in [2.45, 2.75) is 19.3 Å². The quantitative estimate of drug-likeness (QED) is 0.705. The van der Waals surface area contributed by atoms with E-state index in [9.17, 15) is 4.79 Å². The Morgan fingerprint density at radius 2 is 2.20 bits per heavy atom. The van der Waals surface area contributed by atoms with Crippen LogP contribution in [0, 0.1) is 5.92 Å². The number of rotatable bonds is 8. The Balaban J connectivity index is 1.47. The molecule has 1 saturated heterocycles. The average molecular weight is 276 g/mol. The number of amides is 1. The van der Waals surface area contributed by atoms with Gasteiger partial charge in [0, 0.05) is 6.54 Å². The van der Waals surface area contributed by atoms with Crippen LogP contribution >= 0.6 is 0 Å². The van der Waals surface area contributed by atoms with Gasteiger partial charge in [-0.15, -0.1) is 0 Å². The Hall–Kier alpha value is -1.39. The van der Waals surface area contributed by atoms with Gasteiger partial charge in [-0.05, 0) is 43.8 Å². The molecule has 110 valence electrons. The van der Waals surface area contributed by atoms with Crippen LogP contribution in [0.4, 0.5) is 0 Å². The number of carbonyl (C=O) groups excluding carboxylic acids is 1. The lowest BCUT2D eigenvalue weighted by Crippen LogP contribution is -2.30. The first-order valence-corrected chi connectivity index (χ1v) is 7.43. The maximum absolute atomic E-state index is 11.6. The first-order chi connectivity index (χ1) is 9.84. The fourth-order valence-corrected chi connectivity index (χ4v) is 2.43. The first kappa shape index (κ1) is 15.0. The van der Waals surface area contributed by atoms with Crippen LogP contribution in [0.3, 0.4) is 0 Å². The Morgan fingerprint density at radius 1 is 1.35 bits per heavy atom. The lowest BCUT2D eigenvalue weighted by molar-refractivity contribution is -0.125. The highest BCUT2D eigenvalue weighted by molar-refractivity contribution is 5.77. The average Bonchev–Trinajstić information content (AvgIpc) is 2.98. The van der Waals surface area contributed by atoms with Gasteiger partial charge in [-0.25, -0.2) is 0 Å². The largest absolute Gasteiger partial charge is 0.371 e. The summed E-state index contributed by atoms with van der Waals surface area (Å²) >= 11 is 0.